The van der Waals surface area contributed by atoms with Crippen LogP contribution in [0.3, 0.4) is 0 Å². The third-order valence-electron chi connectivity index (χ3n) is 4.80. The molecule has 0 bridgehead atoms. The van der Waals surface area contributed by atoms with Crippen molar-refractivity contribution in [2.45, 2.75) is 58.2 Å². The van der Waals surface area contributed by atoms with Crippen LogP contribution in [0.2, 0.25) is 0 Å². The predicted molar refractivity (Wildman–Crippen MR) is 90.5 cm³/mol. The topological polar surface area (TPSA) is 109 Å². The summed E-state index contributed by atoms with van der Waals surface area (Å²) in [5, 5.41) is 15.2. The van der Waals surface area contributed by atoms with E-state index >= 15 is 0 Å². The van der Waals surface area contributed by atoms with E-state index in [1.807, 2.05) is 0 Å². The Bertz CT molecular complexity index is 921. The summed E-state index contributed by atoms with van der Waals surface area (Å²) in [6.07, 6.45) is -2.13. The van der Waals surface area contributed by atoms with Crippen LogP contribution in [0, 0.1) is 19.8 Å². The van der Waals surface area contributed by atoms with Crippen LogP contribution >= 0.6 is 0 Å². The van der Waals surface area contributed by atoms with E-state index in [9.17, 15) is 27.9 Å². The summed E-state index contributed by atoms with van der Waals surface area (Å²) < 4.78 is 39.5. The van der Waals surface area contributed by atoms with Gasteiger partial charge in [-0.1, -0.05) is 12.8 Å². The number of hydrogen-bond donors (Lipinski definition) is 2. The van der Waals surface area contributed by atoms with Gasteiger partial charge in [-0.3, -0.25) is 4.79 Å². The number of nitrogens with one attached hydrogen (secondary N) is 1. The summed E-state index contributed by atoms with van der Waals surface area (Å²) >= 11 is 0. The van der Waals surface area contributed by atoms with Crippen LogP contribution in [0.15, 0.2) is 0 Å². The quantitative estimate of drug-likeness (QED) is 0.738. The smallest absolute Gasteiger partial charge is 0.453 e. The van der Waals surface area contributed by atoms with Gasteiger partial charge in [-0.2, -0.15) is 18.2 Å². The van der Waals surface area contributed by atoms with Crippen molar-refractivity contribution in [3.63, 3.8) is 0 Å². The molecule has 1 aliphatic carbocycles. The molecule has 2 heterocycles. The molecule has 152 valence electrons. The van der Waals surface area contributed by atoms with Crippen molar-refractivity contribution >= 4 is 17.7 Å². The van der Waals surface area contributed by atoms with E-state index in [-0.39, 0.29) is 18.6 Å². The maximum Gasteiger partial charge on any atom is 0.453 e. The molecule has 0 saturated heterocycles. The molecule has 1 amide bonds. The molecular weight excluding hydrogens is 379 g/mol. The fraction of sp³-hybridized carbons (Fsp3) is 0.588. The number of nitrogens with zero attached hydrogens (tertiary/aromatic N) is 4. The summed E-state index contributed by atoms with van der Waals surface area (Å²) in [4.78, 5) is 30.9. The standard InChI is InChI=1S/C17H20F3N5O3/c1-8-11(5-6-13(26)22-12(14(27)28)7-10-3-4-10)9(2)25-16(21-8)23-15(24-25)17(18,19)20/h10,12H,3-7H2,1-2H3,(H,22,26)(H,27,28). The van der Waals surface area contributed by atoms with Crippen LogP contribution in [0.1, 0.15) is 48.5 Å². The van der Waals surface area contributed by atoms with Crippen molar-refractivity contribution in [1.82, 2.24) is 24.9 Å². The second-order valence-corrected chi connectivity index (χ2v) is 7.04. The first-order valence-corrected chi connectivity index (χ1v) is 8.88. The molecule has 28 heavy (non-hydrogen) atoms. The van der Waals surface area contributed by atoms with Gasteiger partial charge < -0.3 is 10.4 Å². The molecule has 0 aliphatic heterocycles. The zero-order chi connectivity index (χ0) is 20.6. The van der Waals surface area contributed by atoms with Crippen molar-refractivity contribution in [1.29, 1.82) is 0 Å². The molecule has 2 aromatic rings. The van der Waals surface area contributed by atoms with E-state index in [4.69, 9.17) is 0 Å². The van der Waals surface area contributed by atoms with E-state index in [0.29, 0.717) is 29.3 Å². The Kier molecular flexibility index (Phi) is 5.26. The zero-order valence-corrected chi connectivity index (χ0v) is 15.4. The molecule has 1 saturated carbocycles. The molecule has 8 nitrogen and oxygen atoms in total. The van der Waals surface area contributed by atoms with Crippen LogP contribution in [0.4, 0.5) is 13.2 Å². The molecule has 0 aromatic carbocycles. The third kappa shape index (κ3) is 4.39. The molecule has 2 N–H and O–H groups in total. The molecule has 1 fully saturated rings. The van der Waals surface area contributed by atoms with E-state index in [0.717, 1.165) is 17.4 Å². The number of amides is 1. The van der Waals surface area contributed by atoms with Crippen molar-refractivity contribution in [2.24, 2.45) is 5.92 Å². The zero-order valence-electron chi connectivity index (χ0n) is 15.4. The van der Waals surface area contributed by atoms with Gasteiger partial charge in [-0.25, -0.2) is 14.3 Å². The summed E-state index contributed by atoms with van der Waals surface area (Å²) in [7, 11) is 0. The first-order chi connectivity index (χ1) is 13.1. The average Bonchev–Trinajstić information content (AvgIpc) is 3.28. The summed E-state index contributed by atoms with van der Waals surface area (Å²) in [6.45, 7) is 3.20. The maximum atomic E-state index is 12.8. The number of carbonyl (C=O) groups is 2. The summed E-state index contributed by atoms with van der Waals surface area (Å²) in [6, 6.07) is -0.924. The summed E-state index contributed by atoms with van der Waals surface area (Å²) in [5.74, 6) is -2.60. The predicted octanol–water partition coefficient (Wildman–Crippen LogP) is 2.06. The number of hydrogen-bond acceptors (Lipinski definition) is 5. The van der Waals surface area contributed by atoms with Crippen LogP contribution in [-0.2, 0) is 22.2 Å². The largest absolute Gasteiger partial charge is 0.480 e. The average molecular weight is 399 g/mol. The SMILES string of the molecule is Cc1nc2nc(C(F)(F)F)nn2c(C)c1CCC(=O)NC(CC1CC1)C(=O)O. The Balaban J connectivity index is 1.72. The van der Waals surface area contributed by atoms with Gasteiger partial charge >= 0.3 is 12.1 Å². The Hall–Kier alpha value is -2.72. The van der Waals surface area contributed by atoms with Crippen molar-refractivity contribution in [3.05, 3.63) is 22.8 Å². The van der Waals surface area contributed by atoms with Gasteiger partial charge in [0, 0.05) is 17.8 Å². The van der Waals surface area contributed by atoms with Gasteiger partial charge in [0.25, 0.3) is 11.6 Å². The molecule has 1 unspecified atom stereocenters. The second-order valence-electron chi connectivity index (χ2n) is 7.04. The normalized spacial score (nSPS) is 15.6. The Labute approximate surface area is 158 Å². The monoisotopic (exact) mass is 399 g/mol. The lowest BCUT2D eigenvalue weighted by molar-refractivity contribution is -0.144. The lowest BCUT2D eigenvalue weighted by atomic mass is 10.1. The van der Waals surface area contributed by atoms with E-state index in [1.165, 1.54) is 0 Å². The number of fused-ring (bicyclic) bond motifs is 1. The molecule has 2 aromatic heterocycles. The van der Waals surface area contributed by atoms with Crippen molar-refractivity contribution < 1.29 is 27.9 Å². The number of carbonyl (C=O) groups excluding carboxylic acids is 1. The molecule has 1 aliphatic rings. The Morgan fingerprint density at radius 3 is 2.54 bits per heavy atom. The highest BCUT2D eigenvalue weighted by molar-refractivity contribution is 5.83. The lowest BCUT2D eigenvalue weighted by Gasteiger charge is -2.15. The van der Waals surface area contributed by atoms with Crippen LogP contribution in [0.5, 0.6) is 0 Å². The van der Waals surface area contributed by atoms with Crippen LogP contribution in [-0.4, -0.2) is 42.6 Å². The minimum absolute atomic E-state index is 0.00978. The van der Waals surface area contributed by atoms with Crippen molar-refractivity contribution in [2.75, 3.05) is 0 Å². The van der Waals surface area contributed by atoms with Gasteiger partial charge in [0.1, 0.15) is 6.04 Å². The first kappa shape index (κ1) is 20.0. The van der Waals surface area contributed by atoms with E-state index in [1.54, 1.807) is 13.8 Å². The fourth-order valence-corrected chi connectivity index (χ4v) is 3.10. The number of carboxylic acid groups (broad SMARTS) is 1. The van der Waals surface area contributed by atoms with Crippen LogP contribution < -0.4 is 5.32 Å². The van der Waals surface area contributed by atoms with E-state index in [2.05, 4.69) is 20.4 Å². The number of aliphatic carboxylic acids is 1. The molecular formula is C17H20F3N5O3. The Morgan fingerprint density at radius 1 is 1.29 bits per heavy atom. The summed E-state index contributed by atoms with van der Waals surface area (Å²) in [5.41, 5.74) is 1.44. The van der Waals surface area contributed by atoms with Gasteiger partial charge in [-0.15, -0.1) is 5.10 Å². The van der Waals surface area contributed by atoms with Gasteiger partial charge in [0.05, 0.1) is 0 Å². The van der Waals surface area contributed by atoms with Gasteiger partial charge in [-0.05, 0) is 38.2 Å². The minimum atomic E-state index is -4.68. The maximum absolute atomic E-state index is 12.8. The Morgan fingerprint density at radius 2 is 1.96 bits per heavy atom. The highest BCUT2D eigenvalue weighted by Crippen LogP contribution is 2.33. The van der Waals surface area contributed by atoms with Crippen LogP contribution in [0.25, 0.3) is 5.78 Å². The molecule has 0 radical (unpaired) electrons. The molecule has 1 atom stereocenters. The highest BCUT2D eigenvalue weighted by atomic mass is 19.4. The van der Waals surface area contributed by atoms with Crippen molar-refractivity contribution in [3.8, 4) is 0 Å². The molecule has 11 heteroatoms. The molecule has 3 rings (SSSR count). The number of halogens is 3. The van der Waals surface area contributed by atoms with Gasteiger partial charge in [0.15, 0.2) is 0 Å². The number of carboxylic acids is 1. The third-order valence-corrected chi connectivity index (χ3v) is 4.80. The number of aromatic nitrogens is 4. The second kappa shape index (κ2) is 7.36. The van der Waals surface area contributed by atoms with Gasteiger partial charge in [0.2, 0.25) is 5.91 Å². The first-order valence-electron chi connectivity index (χ1n) is 8.88. The van der Waals surface area contributed by atoms with E-state index < -0.39 is 29.9 Å². The minimum Gasteiger partial charge on any atom is -0.480 e. The highest BCUT2D eigenvalue weighted by Gasteiger charge is 2.37. The lowest BCUT2D eigenvalue weighted by Crippen LogP contribution is -2.41. The molecule has 0 spiro atoms. The number of alkyl halides is 3. The number of aryl methyl sites for hydroxylation is 2. The number of rotatable bonds is 7. The fourth-order valence-electron chi connectivity index (χ4n) is 3.10.